The zero-order valence-corrected chi connectivity index (χ0v) is 10.6. The molecule has 0 unspecified atom stereocenters. The van der Waals surface area contributed by atoms with Crippen molar-refractivity contribution in [1.29, 1.82) is 0 Å². The van der Waals surface area contributed by atoms with Crippen LogP contribution in [0.25, 0.3) is 0 Å². The lowest BCUT2D eigenvalue weighted by Gasteiger charge is -2.18. The lowest BCUT2D eigenvalue weighted by Crippen LogP contribution is -2.28. The van der Waals surface area contributed by atoms with Crippen molar-refractivity contribution < 1.29 is 19.1 Å². The molecule has 5 nitrogen and oxygen atoms in total. The van der Waals surface area contributed by atoms with Crippen LogP contribution in [-0.2, 0) is 11.3 Å². The summed E-state index contributed by atoms with van der Waals surface area (Å²) < 4.78 is 10.3. The Hall–Kier alpha value is -1.33. The fourth-order valence-corrected chi connectivity index (χ4v) is 1.93. The minimum Gasteiger partial charge on any atom is -0.460 e. The summed E-state index contributed by atoms with van der Waals surface area (Å²) in [5.74, 6) is 0.550. The topological polar surface area (TPSA) is 62.9 Å². The summed E-state index contributed by atoms with van der Waals surface area (Å²) in [7, 11) is 0. The third kappa shape index (κ3) is 3.34. The molecule has 0 radical (unpaired) electrons. The van der Waals surface area contributed by atoms with Gasteiger partial charge >= 0.3 is 5.97 Å². The Morgan fingerprint density at radius 3 is 2.94 bits per heavy atom. The number of rotatable bonds is 7. The highest BCUT2D eigenvalue weighted by Gasteiger charge is 2.29. The highest BCUT2D eigenvalue weighted by atomic mass is 16.5. The molecule has 0 aliphatic heterocycles. The molecule has 2 rings (SSSR count). The van der Waals surface area contributed by atoms with Gasteiger partial charge in [-0.2, -0.15) is 0 Å². The quantitative estimate of drug-likeness (QED) is 0.744. The van der Waals surface area contributed by atoms with Crippen molar-refractivity contribution in [2.45, 2.75) is 32.4 Å². The van der Waals surface area contributed by atoms with Crippen molar-refractivity contribution in [3.8, 4) is 0 Å². The van der Waals surface area contributed by atoms with Crippen molar-refractivity contribution in [3.05, 3.63) is 23.7 Å². The molecule has 0 bridgehead atoms. The van der Waals surface area contributed by atoms with Crippen LogP contribution in [0.2, 0.25) is 0 Å². The Morgan fingerprint density at radius 2 is 2.33 bits per heavy atom. The summed E-state index contributed by atoms with van der Waals surface area (Å²) in [6.45, 7) is 3.51. The fourth-order valence-electron chi connectivity index (χ4n) is 1.93. The molecule has 0 atom stereocenters. The molecule has 5 heteroatoms. The second-order valence-electron chi connectivity index (χ2n) is 4.41. The number of carbonyl (C=O) groups is 1. The maximum atomic E-state index is 11.4. The number of aliphatic hydroxyl groups is 1. The van der Waals surface area contributed by atoms with Crippen molar-refractivity contribution in [2.24, 2.45) is 0 Å². The van der Waals surface area contributed by atoms with Crippen LogP contribution in [0.15, 0.2) is 16.5 Å². The Balaban J connectivity index is 1.94. The summed E-state index contributed by atoms with van der Waals surface area (Å²) in [5.41, 5.74) is 0. The first kappa shape index (κ1) is 13.1. The van der Waals surface area contributed by atoms with E-state index >= 15 is 0 Å². The lowest BCUT2D eigenvalue weighted by molar-refractivity contribution is 0.0485. The first-order chi connectivity index (χ1) is 8.74. The molecule has 0 spiro atoms. The van der Waals surface area contributed by atoms with Gasteiger partial charge in [-0.3, -0.25) is 4.90 Å². The van der Waals surface area contributed by atoms with Gasteiger partial charge in [0.2, 0.25) is 5.76 Å². The van der Waals surface area contributed by atoms with Crippen LogP contribution in [-0.4, -0.2) is 41.8 Å². The van der Waals surface area contributed by atoms with Crippen LogP contribution < -0.4 is 0 Å². The van der Waals surface area contributed by atoms with Crippen molar-refractivity contribution >= 4 is 5.97 Å². The van der Waals surface area contributed by atoms with E-state index in [1.165, 1.54) is 12.8 Å². The fraction of sp³-hybridized carbons (Fsp3) is 0.615. The SMILES string of the molecule is CCOC(=O)c1ccc(CN(CCO)C2CC2)o1. The maximum absolute atomic E-state index is 11.4. The van der Waals surface area contributed by atoms with Crippen LogP contribution >= 0.6 is 0 Å². The van der Waals surface area contributed by atoms with E-state index < -0.39 is 5.97 Å². The normalized spacial score (nSPS) is 15.1. The van der Waals surface area contributed by atoms with Gasteiger partial charge in [-0.05, 0) is 31.9 Å². The summed E-state index contributed by atoms with van der Waals surface area (Å²) in [5, 5.41) is 9.01. The third-order valence-electron chi connectivity index (χ3n) is 2.95. The number of hydrogen-bond acceptors (Lipinski definition) is 5. The molecular formula is C13H19NO4. The van der Waals surface area contributed by atoms with E-state index in [0.717, 1.165) is 5.76 Å². The van der Waals surface area contributed by atoms with Gasteiger partial charge in [0.05, 0.1) is 19.8 Å². The second-order valence-corrected chi connectivity index (χ2v) is 4.41. The molecule has 1 N–H and O–H groups in total. The second kappa shape index (κ2) is 6.02. The van der Waals surface area contributed by atoms with Gasteiger partial charge in [0, 0.05) is 12.6 Å². The molecule has 1 fully saturated rings. The van der Waals surface area contributed by atoms with Gasteiger partial charge in [0.1, 0.15) is 5.76 Å². The van der Waals surface area contributed by atoms with Gasteiger partial charge in [0.15, 0.2) is 0 Å². The molecule has 0 amide bonds. The summed E-state index contributed by atoms with van der Waals surface area (Å²) >= 11 is 0. The van der Waals surface area contributed by atoms with Gasteiger partial charge in [-0.1, -0.05) is 0 Å². The lowest BCUT2D eigenvalue weighted by atomic mass is 10.3. The molecule has 1 saturated carbocycles. The molecule has 18 heavy (non-hydrogen) atoms. The monoisotopic (exact) mass is 253 g/mol. The molecular weight excluding hydrogens is 234 g/mol. The summed E-state index contributed by atoms with van der Waals surface area (Å²) in [6.07, 6.45) is 2.34. The van der Waals surface area contributed by atoms with E-state index in [1.54, 1.807) is 19.1 Å². The number of carbonyl (C=O) groups excluding carboxylic acids is 1. The predicted molar refractivity (Wildman–Crippen MR) is 65.2 cm³/mol. The molecule has 1 heterocycles. The van der Waals surface area contributed by atoms with E-state index in [0.29, 0.717) is 25.7 Å². The Kier molecular flexibility index (Phi) is 4.38. The van der Waals surface area contributed by atoms with Crippen LogP contribution in [0, 0.1) is 0 Å². The molecule has 1 aromatic rings. The molecule has 0 saturated heterocycles. The predicted octanol–water partition coefficient (Wildman–Crippen LogP) is 1.41. The minimum absolute atomic E-state index is 0.141. The average molecular weight is 253 g/mol. The Bertz CT molecular complexity index is 397. The van der Waals surface area contributed by atoms with Crippen LogP contribution in [0.3, 0.4) is 0 Å². The summed E-state index contributed by atoms with van der Waals surface area (Å²) in [4.78, 5) is 13.6. The Labute approximate surface area is 106 Å². The number of furan rings is 1. The number of hydrogen-bond donors (Lipinski definition) is 1. The number of ether oxygens (including phenoxy) is 1. The largest absolute Gasteiger partial charge is 0.460 e. The van der Waals surface area contributed by atoms with Crippen LogP contribution in [0.4, 0.5) is 0 Å². The zero-order chi connectivity index (χ0) is 13.0. The van der Waals surface area contributed by atoms with E-state index in [2.05, 4.69) is 4.90 Å². The summed E-state index contributed by atoms with van der Waals surface area (Å²) in [6, 6.07) is 3.98. The van der Waals surface area contributed by atoms with Gasteiger partial charge in [-0.25, -0.2) is 4.79 Å². The molecule has 100 valence electrons. The van der Waals surface area contributed by atoms with Crippen molar-refractivity contribution in [1.82, 2.24) is 4.90 Å². The standard InChI is InChI=1S/C13H19NO4/c1-2-17-13(16)12-6-5-11(18-12)9-14(7-8-15)10-3-4-10/h5-6,10,15H,2-4,7-9H2,1H3. The first-order valence-corrected chi connectivity index (χ1v) is 6.35. The molecule has 0 aromatic carbocycles. The third-order valence-corrected chi connectivity index (χ3v) is 2.95. The number of nitrogens with zero attached hydrogens (tertiary/aromatic N) is 1. The molecule has 1 aliphatic rings. The average Bonchev–Trinajstić information content (AvgIpc) is 3.09. The van der Waals surface area contributed by atoms with E-state index in [-0.39, 0.29) is 12.4 Å². The first-order valence-electron chi connectivity index (χ1n) is 6.35. The smallest absolute Gasteiger partial charge is 0.374 e. The zero-order valence-electron chi connectivity index (χ0n) is 10.6. The van der Waals surface area contributed by atoms with Gasteiger partial charge < -0.3 is 14.3 Å². The minimum atomic E-state index is -0.427. The van der Waals surface area contributed by atoms with Gasteiger partial charge in [0.25, 0.3) is 0 Å². The van der Waals surface area contributed by atoms with E-state index in [4.69, 9.17) is 14.3 Å². The van der Waals surface area contributed by atoms with Crippen molar-refractivity contribution in [3.63, 3.8) is 0 Å². The number of esters is 1. The van der Waals surface area contributed by atoms with Gasteiger partial charge in [-0.15, -0.1) is 0 Å². The molecule has 1 aromatic heterocycles. The Morgan fingerprint density at radius 1 is 1.56 bits per heavy atom. The van der Waals surface area contributed by atoms with E-state index in [9.17, 15) is 4.79 Å². The maximum Gasteiger partial charge on any atom is 0.374 e. The van der Waals surface area contributed by atoms with Crippen LogP contribution in [0.5, 0.6) is 0 Å². The highest BCUT2D eigenvalue weighted by Crippen LogP contribution is 2.28. The highest BCUT2D eigenvalue weighted by molar-refractivity contribution is 5.86. The van der Waals surface area contributed by atoms with Crippen molar-refractivity contribution in [2.75, 3.05) is 19.8 Å². The number of aliphatic hydroxyl groups excluding tert-OH is 1. The van der Waals surface area contributed by atoms with Crippen LogP contribution in [0.1, 0.15) is 36.1 Å². The van der Waals surface area contributed by atoms with E-state index in [1.807, 2.05) is 0 Å². The molecule has 1 aliphatic carbocycles.